The summed E-state index contributed by atoms with van der Waals surface area (Å²) in [5.41, 5.74) is 2.11. The SMILES string of the molecule is Cc1cc(NC(=O)[C@@H]2CCN(S(C)(=O)=O)c3ccccc3O2)ccc1Br. The lowest BCUT2D eigenvalue weighted by molar-refractivity contribution is -0.122. The maximum atomic E-state index is 12.7. The summed E-state index contributed by atoms with van der Waals surface area (Å²) in [5, 5.41) is 2.84. The fraction of sp³-hybridized carbons (Fsp3) is 0.278. The predicted octanol–water partition coefficient (Wildman–Crippen LogP) is 3.31. The van der Waals surface area contributed by atoms with Crippen molar-refractivity contribution in [1.82, 2.24) is 0 Å². The van der Waals surface area contributed by atoms with Gasteiger partial charge in [-0.25, -0.2) is 8.42 Å². The predicted molar refractivity (Wildman–Crippen MR) is 105 cm³/mol. The van der Waals surface area contributed by atoms with Crippen molar-refractivity contribution in [2.24, 2.45) is 0 Å². The fourth-order valence-corrected chi connectivity index (χ4v) is 4.00. The average Bonchev–Trinajstić information content (AvgIpc) is 2.77. The molecule has 0 saturated heterocycles. The third kappa shape index (κ3) is 4.02. The third-order valence-corrected chi connectivity index (χ3v) is 6.19. The van der Waals surface area contributed by atoms with Crippen molar-refractivity contribution in [1.29, 1.82) is 0 Å². The second-order valence-electron chi connectivity index (χ2n) is 6.15. The Morgan fingerprint density at radius 2 is 2.00 bits per heavy atom. The van der Waals surface area contributed by atoms with E-state index in [1.165, 1.54) is 4.31 Å². The molecule has 0 saturated carbocycles. The molecule has 1 atom stereocenters. The molecule has 0 fully saturated rings. The zero-order valence-corrected chi connectivity index (χ0v) is 16.8. The number of sulfonamides is 1. The number of carbonyl (C=O) groups excluding carboxylic acids is 1. The van der Waals surface area contributed by atoms with Gasteiger partial charge in [0.05, 0.1) is 11.9 Å². The molecule has 1 amide bonds. The molecule has 0 spiro atoms. The highest BCUT2D eigenvalue weighted by Gasteiger charge is 2.31. The van der Waals surface area contributed by atoms with Crippen LogP contribution >= 0.6 is 15.9 Å². The molecular weight excluding hydrogens is 420 g/mol. The van der Waals surface area contributed by atoms with E-state index in [0.29, 0.717) is 17.1 Å². The minimum Gasteiger partial charge on any atom is -0.478 e. The summed E-state index contributed by atoms with van der Waals surface area (Å²) in [7, 11) is -3.46. The van der Waals surface area contributed by atoms with Crippen LogP contribution in [0, 0.1) is 6.92 Å². The summed E-state index contributed by atoms with van der Waals surface area (Å²) >= 11 is 3.43. The van der Waals surface area contributed by atoms with Gasteiger partial charge in [-0.15, -0.1) is 0 Å². The number of hydrogen-bond acceptors (Lipinski definition) is 4. The van der Waals surface area contributed by atoms with E-state index in [4.69, 9.17) is 4.74 Å². The molecule has 0 unspecified atom stereocenters. The van der Waals surface area contributed by atoms with Gasteiger partial charge in [0.1, 0.15) is 5.75 Å². The van der Waals surface area contributed by atoms with Crippen molar-refractivity contribution in [2.75, 3.05) is 22.4 Å². The highest BCUT2D eigenvalue weighted by Crippen LogP contribution is 2.34. The number of amides is 1. The number of halogens is 1. The lowest BCUT2D eigenvalue weighted by Crippen LogP contribution is -2.36. The van der Waals surface area contributed by atoms with E-state index in [1.54, 1.807) is 30.3 Å². The molecule has 138 valence electrons. The van der Waals surface area contributed by atoms with Gasteiger partial charge in [-0.05, 0) is 42.8 Å². The molecule has 0 radical (unpaired) electrons. The van der Waals surface area contributed by atoms with Crippen LogP contribution in [0.15, 0.2) is 46.9 Å². The summed E-state index contributed by atoms with van der Waals surface area (Å²) in [6.45, 7) is 2.11. The minimum atomic E-state index is -3.46. The van der Waals surface area contributed by atoms with Gasteiger partial charge in [0, 0.05) is 23.1 Å². The summed E-state index contributed by atoms with van der Waals surface area (Å²) in [4.78, 5) is 12.7. The van der Waals surface area contributed by atoms with E-state index >= 15 is 0 Å². The van der Waals surface area contributed by atoms with Gasteiger partial charge in [0.25, 0.3) is 5.91 Å². The zero-order chi connectivity index (χ0) is 18.9. The molecule has 1 N–H and O–H groups in total. The first-order chi connectivity index (χ1) is 12.3. The highest BCUT2D eigenvalue weighted by atomic mass is 79.9. The largest absolute Gasteiger partial charge is 0.478 e. The first kappa shape index (κ1) is 18.7. The average molecular weight is 439 g/mol. The van der Waals surface area contributed by atoms with Gasteiger partial charge < -0.3 is 10.1 Å². The molecule has 0 aromatic heterocycles. The standard InChI is InChI=1S/C18H19BrN2O4S/c1-12-11-13(7-8-14(12)19)20-18(22)17-9-10-21(26(2,23)24)15-5-3-4-6-16(15)25-17/h3-8,11,17H,9-10H2,1-2H3,(H,20,22)/t17-/m0/s1. The number of hydrogen-bond donors (Lipinski definition) is 1. The van der Waals surface area contributed by atoms with E-state index in [0.717, 1.165) is 16.3 Å². The monoisotopic (exact) mass is 438 g/mol. The lowest BCUT2D eigenvalue weighted by Gasteiger charge is -2.20. The Labute approximate surface area is 161 Å². The Kier molecular flexibility index (Phi) is 5.24. The van der Waals surface area contributed by atoms with Crippen LogP contribution in [0.4, 0.5) is 11.4 Å². The smallest absolute Gasteiger partial charge is 0.265 e. The molecule has 1 aliphatic rings. The number of aryl methyl sites for hydroxylation is 1. The van der Waals surface area contributed by atoms with Crippen LogP contribution in [0.2, 0.25) is 0 Å². The van der Waals surface area contributed by atoms with Gasteiger partial charge in [-0.2, -0.15) is 0 Å². The number of para-hydroxylation sites is 2. The van der Waals surface area contributed by atoms with E-state index in [2.05, 4.69) is 21.2 Å². The molecule has 2 aromatic carbocycles. The summed E-state index contributed by atoms with van der Waals surface area (Å²) in [5.74, 6) is 0.0689. The molecule has 26 heavy (non-hydrogen) atoms. The van der Waals surface area contributed by atoms with Crippen molar-refractivity contribution in [3.8, 4) is 5.75 Å². The van der Waals surface area contributed by atoms with E-state index in [-0.39, 0.29) is 18.9 Å². The normalized spacial score (nSPS) is 17.0. The molecule has 0 bridgehead atoms. The number of carbonyl (C=O) groups is 1. The Morgan fingerprint density at radius 1 is 1.27 bits per heavy atom. The number of benzene rings is 2. The van der Waals surface area contributed by atoms with E-state index < -0.39 is 16.1 Å². The van der Waals surface area contributed by atoms with Crippen molar-refractivity contribution in [3.05, 3.63) is 52.5 Å². The summed E-state index contributed by atoms with van der Waals surface area (Å²) < 4.78 is 32.3. The minimum absolute atomic E-state index is 0.174. The third-order valence-electron chi connectivity index (χ3n) is 4.12. The summed E-state index contributed by atoms with van der Waals surface area (Å²) in [6, 6.07) is 12.3. The molecule has 1 heterocycles. The van der Waals surface area contributed by atoms with Gasteiger partial charge in [-0.3, -0.25) is 9.10 Å². The zero-order valence-electron chi connectivity index (χ0n) is 14.4. The molecule has 0 aliphatic carbocycles. The first-order valence-corrected chi connectivity index (χ1v) is 10.7. The number of nitrogens with one attached hydrogen (secondary N) is 1. The fourth-order valence-electron chi connectivity index (χ4n) is 2.80. The van der Waals surface area contributed by atoms with Crippen molar-refractivity contribution in [2.45, 2.75) is 19.4 Å². The molecule has 8 heteroatoms. The lowest BCUT2D eigenvalue weighted by atomic mass is 10.2. The van der Waals surface area contributed by atoms with Gasteiger partial charge in [0.15, 0.2) is 6.10 Å². The van der Waals surface area contributed by atoms with Crippen molar-refractivity contribution < 1.29 is 17.9 Å². The Balaban J connectivity index is 1.84. The second-order valence-corrected chi connectivity index (χ2v) is 8.91. The van der Waals surface area contributed by atoms with Gasteiger partial charge >= 0.3 is 0 Å². The van der Waals surface area contributed by atoms with Crippen LogP contribution in [0.1, 0.15) is 12.0 Å². The van der Waals surface area contributed by atoms with Crippen LogP contribution in [-0.4, -0.2) is 33.2 Å². The van der Waals surface area contributed by atoms with Gasteiger partial charge in [-0.1, -0.05) is 28.1 Å². The van der Waals surface area contributed by atoms with Crippen LogP contribution in [0.5, 0.6) is 5.75 Å². The first-order valence-electron chi connectivity index (χ1n) is 8.06. The van der Waals surface area contributed by atoms with Crippen molar-refractivity contribution in [3.63, 3.8) is 0 Å². The maximum absolute atomic E-state index is 12.7. The van der Waals surface area contributed by atoms with Crippen LogP contribution in [-0.2, 0) is 14.8 Å². The molecule has 1 aliphatic heterocycles. The van der Waals surface area contributed by atoms with Crippen molar-refractivity contribution >= 4 is 43.2 Å². The number of ether oxygens (including phenoxy) is 1. The topological polar surface area (TPSA) is 75.7 Å². The van der Waals surface area contributed by atoms with Crippen LogP contribution in [0.3, 0.4) is 0 Å². The van der Waals surface area contributed by atoms with E-state index in [1.807, 2.05) is 19.1 Å². The van der Waals surface area contributed by atoms with Crippen LogP contribution < -0.4 is 14.4 Å². The quantitative estimate of drug-likeness (QED) is 0.797. The second kappa shape index (κ2) is 7.28. The number of fused-ring (bicyclic) bond motifs is 1. The highest BCUT2D eigenvalue weighted by molar-refractivity contribution is 9.10. The Bertz CT molecular complexity index is 946. The molecular formula is C18H19BrN2O4S. The van der Waals surface area contributed by atoms with Crippen LogP contribution in [0.25, 0.3) is 0 Å². The molecule has 3 rings (SSSR count). The Morgan fingerprint density at radius 3 is 2.69 bits per heavy atom. The number of rotatable bonds is 3. The number of anilines is 2. The summed E-state index contributed by atoms with van der Waals surface area (Å²) in [6.07, 6.45) is 0.615. The number of nitrogens with zero attached hydrogens (tertiary/aromatic N) is 1. The maximum Gasteiger partial charge on any atom is 0.265 e. The molecule has 6 nitrogen and oxygen atoms in total. The van der Waals surface area contributed by atoms with E-state index in [9.17, 15) is 13.2 Å². The molecule has 2 aromatic rings. The van der Waals surface area contributed by atoms with Gasteiger partial charge in [0.2, 0.25) is 10.0 Å². The Hall–Kier alpha value is -2.06.